The number of aliphatic hydroxyl groups excluding tert-OH is 1. The molecule has 0 saturated heterocycles. The van der Waals surface area contributed by atoms with Gasteiger partial charge in [-0.05, 0) is 36.2 Å². The van der Waals surface area contributed by atoms with Crippen LogP contribution >= 0.6 is 23.4 Å². The molecule has 0 radical (unpaired) electrons. The first-order chi connectivity index (χ1) is 11.2. The third-order valence-corrected chi connectivity index (χ3v) is 4.74. The van der Waals surface area contributed by atoms with Crippen molar-refractivity contribution in [1.29, 1.82) is 0 Å². The van der Waals surface area contributed by atoms with Gasteiger partial charge in [0.05, 0.1) is 5.75 Å². The minimum Gasteiger partial charge on any atom is -0.396 e. The molecule has 122 valence electrons. The number of carbonyl (C=O) groups is 1. The number of rotatable bonds is 8. The maximum Gasteiger partial charge on any atom is 0.230 e. The van der Waals surface area contributed by atoms with Crippen LogP contribution in [0.2, 0.25) is 5.02 Å². The molecule has 0 heterocycles. The van der Waals surface area contributed by atoms with Crippen LogP contribution in [0.4, 0.5) is 0 Å². The number of halogens is 1. The van der Waals surface area contributed by atoms with Gasteiger partial charge in [-0.3, -0.25) is 4.79 Å². The molecule has 0 bridgehead atoms. The van der Waals surface area contributed by atoms with Crippen molar-refractivity contribution in [3.8, 4) is 0 Å². The lowest BCUT2D eigenvalue weighted by Crippen LogP contribution is -2.30. The molecular weight excluding hydrogens is 330 g/mol. The van der Waals surface area contributed by atoms with Gasteiger partial charge in [0.15, 0.2) is 0 Å². The first-order valence-electron chi connectivity index (χ1n) is 7.50. The number of nitrogens with one attached hydrogen (secondary N) is 1. The molecule has 2 aromatic rings. The van der Waals surface area contributed by atoms with Crippen molar-refractivity contribution in [1.82, 2.24) is 5.32 Å². The summed E-state index contributed by atoms with van der Waals surface area (Å²) in [7, 11) is 0. The summed E-state index contributed by atoms with van der Waals surface area (Å²) in [5, 5.41) is 12.8. The average Bonchev–Trinajstić information content (AvgIpc) is 2.59. The van der Waals surface area contributed by atoms with Gasteiger partial charge >= 0.3 is 0 Å². The summed E-state index contributed by atoms with van der Waals surface area (Å²) in [5.41, 5.74) is 1.13. The number of benzene rings is 2. The minimum atomic E-state index is -0.0104. The Hall–Kier alpha value is -1.49. The average molecular weight is 350 g/mol. The molecule has 2 N–H and O–H groups in total. The Kier molecular flexibility index (Phi) is 7.46. The zero-order valence-electron chi connectivity index (χ0n) is 12.7. The zero-order valence-corrected chi connectivity index (χ0v) is 14.3. The van der Waals surface area contributed by atoms with E-state index < -0.39 is 0 Å². The van der Waals surface area contributed by atoms with Gasteiger partial charge in [0, 0.05) is 29.0 Å². The molecule has 0 aromatic heterocycles. The molecular formula is C18H20ClNO2S. The lowest BCUT2D eigenvalue weighted by Gasteiger charge is -2.17. The van der Waals surface area contributed by atoms with Crippen molar-refractivity contribution in [2.24, 2.45) is 0 Å². The van der Waals surface area contributed by atoms with Crippen molar-refractivity contribution in [3.05, 3.63) is 65.2 Å². The largest absolute Gasteiger partial charge is 0.396 e. The van der Waals surface area contributed by atoms with Gasteiger partial charge in [0.2, 0.25) is 5.91 Å². The summed E-state index contributed by atoms with van der Waals surface area (Å²) in [6, 6.07) is 17.4. The van der Waals surface area contributed by atoms with E-state index in [1.54, 1.807) is 0 Å². The van der Waals surface area contributed by atoms with Gasteiger partial charge < -0.3 is 10.4 Å². The topological polar surface area (TPSA) is 49.3 Å². The predicted molar refractivity (Wildman–Crippen MR) is 96.1 cm³/mol. The first-order valence-corrected chi connectivity index (χ1v) is 8.86. The highest BCUT2D eigenvalue weighted by Gasteiger charge is 2.12. The van der Waals surface area contributed by atoms with Crippen molar-refractivity contribution in [2.75, 3.05) is 18.9 Å². The highest BCUT2D eigenvalue weighted by Crippen LogP contribution is 2.21. The molecule has 23 heavy (non-hydrogen) atoms. The molecule has 0 aliphatic rings. The molecule has 1 unspecified atom stereocenters. The molecule has 1 amide bonds. The van der Waals surface area contributed by atoms with E-state index in [1.807, 2.05) is 54.6 Å². The van der Waals surface area contributed by atoms with E-state index in [-0.39, 0.29) is 18.4 Å². The van der Waals surface area contributed by atoms with Crippen LogP contribution in [0.15, 0.2) is 59.5 Å². The number of aliphatic hydroxyl groups is 1. The summed E-state index contributed by atoms with van der Waals surface area (Å²) in [6.45, 7) is 0.638. The minimum absolute atomic E-state index is 0.0104. The molecule has 2 aromatic carbocycles. The van der Waals surface area contributed by atoms with E-state index in [4.69, 9.17) is 11.6 Å². The predicted octanol–water partition coefficient (Wildman–Crippen LogP) is 3.71. The fraction of sp³-hybridized carbons (Fsp3) is 0.278. The summed E-state index contributed by atoms with van der Waals surface area (Å²) in [4.78, 5) is 13.0. The van der Waals surface area contributed by atoms with E-state index >= 15 is 0 Å². The molecule has 0 saturated carbocycles. The lowest BCUT2D eigenvalue weighted by molar-refractivity contribution is -0.118. The number of thioether (sulfide) groups is 1. The number of amides is 1. The Morgan fingerprint density at radius 1 is 1.13 bits per heavy atom. The van der Waals surface area contributed by atoms with E-state index in [1.165, 1.54) is 11.8 Å². The third kappa shape index (κ3) is 6.26. The van der Waals surface area contributed by atoms with Crippen LogP contribution in [0.1, 0.15) is 17.9 Å². The standard InChI is InChI=1S/C18H20ClNO2S/c19-16-6-8-17(9-7-16)23-13-18(22)20-12-15(10-11-21)14-4-2-1-3-5-14/h1-9,15,21H,10-13H2,(H,20,22). The molecule has 5 heteroatoms. The van der Waals surface area contributed by atoms with Gasteiger partial charge in [-0.1, -0.05) is 41.9 Å². The third-order valence-electron chi connectivity index (χ3n) is 3.48. The van der Waals surface area contributed by atoms with E-state index in [9.17, 15) is 9.90 Å². The monoisotopic (exact) mass is 349 g/mol. The Bertz CT molecular complexity index is 604. The summed E-state index contributed by atoms with van der Waals surface area (Å²) in [6.07, 6.45) is 0.634. The van der Waals surface area contributed by atoms with E-state index in [0.717, 1.165) is 10.5 Å². The Morgan fingerprint density at radius 2 is 1.83 bits per heavy atom. The molecule has 3 nitrogen and oxygen atoms in total. The van der Waals surface area contributed by atoms with Crippen LogP contribution in [0.3, 0.4) is 0 Å². The molecule has 0 aliphatic heterocycles. The first kappa shape index (κ1) is 17.9. The fourth-order valence-corrected chi connectivity index (χ4v) is 3.09. The summed E-state index contributed by atoms with van der Waals surface area (Å²) in [5.74, 6) is 0.483. The van der Waals surface area contributed by atoms with Crippen LogP contribution < -0.4 is 5.32 Å². The van der Waals surface area contributed by atoms with Crippen LogP contribution in [0.25, 0.3) is 0 Å². The second kappa shape index (κ2) is 9.60. The van der Waals surface area contributed by atoms with Gasteiger partial charge in [0.25, 0.3) is 0 Å². The smallest absolute Gasteiger partial charge is 0.230 e. The number of hydrogen-bond acceptors (Lipinski definition) is 3. The van der Waals surface area contributed by atoms with E-state index in [2.05, 4.69) is 5.32 Å². The Labute approximate surface area is 146 Å². The Morgan fingerprint density at radius 3 is 2.48 bits per heavy atom. The quantitative estimate of drug-likeness (QED) is 0.714. The Balaban J connectivity index is 1.80. The van der Waals surface area contributed by atoms with Crippen LogP contribution in [-0.4, -0.2) is 29.9 Å². The molecule has 2 rings (SSSR count). The van der Waals surface area contributed by atoms with Crippen molar-refractivity contribution < 1.29 is 9.90 Å². The van der Waals surface area contributed by atoms with Crippen LogP contribution in [0.5, 0.6) is 0 Å². The van der Waals surface area contributed by atoms with E-state index in [0.29, 0.717) is 23.7 Å². The maximum absolute atomic E-state index is 12.0. The molecule has 0 fully saturated rings. The molecule has 0 spiro atoms. The second-order valence-corrected chi connectivity index (χ2v) is 6.65. The SMILES string of the molecule is O=C(CSc1ccc(Cl)cc1)NCC(CCO)c1ccccc1. The van der Waals surface area contributed by atoms with Crippen LogP contribution in [0, 0.1) is 0 Å². The summed E-state index contributed by atoms with van der Waals surface area (Å²) < 4.78 is 0. The van der Waals surface area contributed by atoms with Crippen molar-refractivity contribution >= 4 is 29.3 Å². The van der Waals surface area contributed by atoms with Crippen molar-refractivity contribution in [3.63, 3.8) is 0 Å². The van der Waals surface area contributed by atoms with Gasteiger partial charge in [0.1, 0.15) is 0 Å². The normalized spacial score (nSPS) is 11.9. The number of carbonyl (C=O) groups excluding carboxylic acids is 1. The second-order valence-electron chi connectivity index (χ2n) is 5.17. The van der Waals surface area contributed by atoms with Gasteiger partial charge in [-0.2, -0.15) is 0 Å². The maximum atomic E-state index is 12.0. The van der Waals surface area contributed by atoms with Gasteiger partial charge in [-0.25, -0.2) is 0 Å². The highest BCUT2D eigenvalue weighted by molar-refractivity contribution is 8.00. The summed E-state index contributed by atoms with van der Waals surface area (Å²) >= 11 is 7.32. The van der Waals surface area contributed by atoms with Gasteiger partial charge in [-0.15, -0.1) is 11.8 Å². The highest BCUT2D eigenvalue weighted by atomic mass is 35.5. The number of hydrogen-bond donors (Lipinski definition) is 2. The zero-order chi connectivity index (χ0) is 16.5. The molecule has 1 atom stereocenters. The van der Waals surface area contributed by atoms with Crippen molar-refractivity contribution in [2.45, 2.75) is 17.2 Å². The fourth-order valence-electron chi connectivity index (χ4n) is 2.24. The van der Waals surface area contributed by atoms with Crippen LogP contribution in [-0.2, 0) is 4.79 Å². The lowest BCUT2D eigenvalue weighted by atomic mass is 9.96. The molecule has 0 aliphatic carbocycles.